The molecule has 0 saturated heterocycles. The van der Waals surface area contributed by atoms with Gasteiger partial charge in [-0.05, 0) is 30.5 Å². The minimum absolute atomic E-state index is 0.217. The van der Waals surface area contributed by atoms with E-state index in [9.17, 15) is 0 Å². The first kappa shape index (κ1) is 13.1. The summed E-state index contributed by atoms with van der Waals surface area (Å²) in [5.74, 6) is 1.41. The summed E-state index contributed by atoms with van der Waals surface area (Å²) >= 11 is 5.92. The number of hydrogen-bond donors (Lipinski definition) is 1. The fraction of sp³-hybridized carbons (Fsp3) is 0.385. The Balaban J connectivity index is 2.20. The second-order valence-corrected chi connectivity index (χ2v) is 5.13. The van der Waals surface area contributed by atoms with Gasteiger partial charge in [-0.1, -0.05) is 31.5 Å². The molecule has 1 unspecified atom stereocenters. The molecule has 0 aliphatic heterocycles. The second-order valence-electron chi connectivity index (χ2n) is 4.69. The van der Waals surface area contributed by atoms with Gasteiger partial charge in [0.2, 0.25) is 11.8 Å². The zero-order valence-electron chi connectivity index (χ0n) is 10.4. The molecule has 2 aromatic rings. The monoisotopic (exact) mass is 265 g/mol. The molecule has 0 spiro atoms. The van der Waals surface area contributed by atoms with Crippen LogP contribution in [-0.4, -0.2) is 10.2 Å². The molecule has 2 N–H and O–H groups in total. The summed E-state index contributed by atoms with van der Waals surface area (Å²) < 4.78 is 5.58. The molecular weight excluding hydrogens is 250 g/mol. The van der Waals surface area contributed by atoms with Gasteiger partial charge in [0.05, 0.1) is 6.04 Å². The smallest absolute Gasteiger partial charge is 0.247 e. The van der Waals surface area contributed by atoms with Crippen molar-refractivity contribution in [2.45, 2.75) is 26.3 Å². The lowest BCUT2D eigenvalue weighted by Gasteiger charge is -2.08. The Morgan fingerprint density at radius 3 is 2.78 bits per heavy atom. The summed E-state index contributed by atoms with van der Waals surface area (Å²) in [5, 5.41) is 8.63. The second kappa shape index (κ2) is 5.50. The average molecular weight is 266 g/mol. The normalized spacial score (nSPS) is 12.9. The standard InChI is InChI=1S/C13H16ClN3O/c1-8(2)6-11(15)13-17-16-12(18-13)9-4-3-5-10(14)7-9/h3-5,7-8,11H,6,15H2,1-2H3. The molecule has 1 atom stereocenters. The van der Waals surface area contributed by atoms with Gasteiger partial charge in [-0.15, -0.1) is 10.2 Å². The quantitative estimate of drug-likeness (QED) is 0.920. The Morgan fingerprint density at radius 1 is 1.33 bits per heavy atom. The molecule has 0 bridgehead atoms. The van der Waals surface area contributed by atoms with Crippen LogP contribution in [0.2, 0.25) is 5.02 Å². The van der Waals surface area contributed by atoms with Crippen LogP contribution in [0.5, 0.6) is 0 Å². The van der Waals surface area contributed by atoms with Gasteiger partial charge in [-0.25, -0.2) is 0 Å². The summed E-state index contributed by atoms with van der Waals surface area (Å²) in [6.07, 6.45) is 0.817. The number of aromatic nitrogens is 2. The molecule has 96 valence electrons. The molecule has 18 heavy (non-hydrogen) atoms. The van der Waals surface area contributed by atoms with Crippen LogP contribution < -0.4 is 5.73 Å². The van der Waals surface area contributed by atoms with Crippen molar-refractivity contribution >= 4 is 11.6 Å². The summed E-state index contributed by atoms with van der Waals surface area (Å²) in [6, 6.07) is 7.08. The Hall–Kier alpha value is -1.39. The van der Waals surface area contributed by atoms with Gasteiger partial charge in [0.15, 0.2) is 0 Å². The predicted octanol–water partition coefficient (Wildman–Crippen LogP) is 3.44. The van der Waals surface area contributed by atoms with E-state index in [-0.39, 0.29) is 6.04 Å². The lowest BCUT2D eigenvalue weighted by molar-refractivity contribution is 0.408. The van der Waals surface area contributed by atoms with E-state index in [1.807, 2.05) is 12.1 Å². The molecule has 4 nitrogen and oxygen atoms in total. The third-order valence-electron chi connectivity index (χ3n) is 2.55. The van der Waals surface area contributed by atoms with E-state index in [1.54, 1.807) is 12.1 Å². The van der Waals surface area contributed by atoms with E-state index >= 15 is 0 Å². The fourth-order valence-electron chi connectivity index (χ4n) is 1.73. The van der Waals surface area contributed by atoms with E-state index in [0.717, 1.165) is 12.0 Å². The van der Waals surface area contributed by atoms with Crippen molar-refractivity contribution in [3.63, 3.8) is 0 Å². The molecular formula is C13H16ClN3O. The summed E-state index contributed by atoms with van der Waals surface area (Å²) in [6.45, 7) is 4.21. The molecule has 0 radical (unpaired) electrons. The van der Waals surface area contributed by atoms with Crippen molar-refractivity contribution in [1.29, 1.82) is 0 Å². The number of rotatable bonds is 4. The molecule has 1 aromatic carbocycles. The van der Waals surface area contributed by atoms with E-state index in [2.05, 4.69) is 24.0 Å². The van der Waals surface area contributed by atoms with Gasteiger partial charge in [0.25, 0.3) is 0 Å². The maximum absolute atomic E-state index is 5.99. The predicted molar refractivity (Wildman–Crippen MR) is 71.1 cm³/mol. The molecule has 1 aromatic heterocycles. The zero-order valence-corrected chi connectivity index (χ0v) is 11.2. The molecule has 1 heterocycles. The number of nitrogens with zero attached hydrogens (tertiary/aromatic N) is 2. The Labute approximate surface area is 111 Å². The van der Waals surface area contributed by atoms with E-state index in [4.69, 9.17) is 21.8 Å². The van der Waals surface area contributed by atoms with Crippen molar-refractivity contribution in [1.82, 2.24) is 10.2 Å². The number of halogens is 1. The largest absolute Gasteiger partial charge is 0.419 e. The highest BCUT2D eigenvalue weighted by atomic mass is 35.5. The first-order valence-electron chi connectivity index (χ1n) is 5.91. The summed E-state index contributed by atoms with van der Waals surface area (Å²) in [5.41, 5.74) is 6.80. The molecule has 5 heteroatoms. The molecule has 0 amide bonds. The highest BCUT2D eigenvalue weighted by molar-refractivity contribution is 6.30. The Kier molecular flexibility index (Phi) is 3.99. The van der Waals surface area contributed by atoms with Crippen LogP contribution in [0, 0.1) is 5.92 Å². The third kappa shape index (κ3) is 3.09. The lowest BCUT2D eigenvalue weighted by atomic mass is 10.1. The molecule has 0 aliphatic rings. The molecule has 0 fully saturated rings. The Bertz CT molecular complexity index is 524. The van der Waals surface area contributed by atoms with Crippen LogP contribution in [0.25, 0.3) is 11.5 Å². The van der Waals surface area contributed by atoms with E-state index in [0.29, 0.717) is 22.7 Å². The lowest BCUT2D eigenvalue weighted by Crippen LogP contribution is -2.13. The van der Waals surface area contributed by atoms with Gasteiger partial charge >= 0.3 is 0 Å². The number of benzene rings is 1. The maximum atomic E-state index is 5.99. The van der Waals surface area contributed by atoms with Crippen LogP contribution >= 0.6 is 11.6 Å². The third-order valence-corrected chi connectivity index (χ3v) is 2.79. The topological polar surface area (TPSA) is 64.9 Å². The van der Waals surface area contributed by atoms with Gasteiger partial charge in [0.1, 0.15) is 0 Å². The minimum atomic E-state index is -0.217. The number of nitrogens with two attached hydrogens (primary N) is 1. The Morgan fingerprint density at radius 2 is 2.11 bits per heavy atom. The maximum Gasteiger partial charge on any atom is 0.247 e. The van der Waals surface area contributed by atoms with Crippen LogP contribution in [0.4, 0.5) is 0 Å². The fourth-order valence-corrected chi connectivity index (χ4v) is 1.92. The van der Waals surface area contributed by atoms with Crippen molar-refractivity contribution in [3.8, 4) is 11.5 Å². The highest BCUT2D eigenvalue weighted by Gasteiger charge is 2.16. The first-order valence-corrected chi connectivity index (χ1v) is 6.29. The average Bonchev–Trinajstić information content (AvgIpc) is 2.77. The summed E-state index contributed by atoms with van der Waals surface area (Å²) in [4.78, 5) is 0. The van der Waals surface area contributed by atoms with Gasteiger partial charge in [0, 0.05) is 10.6 Å². The highest BCUT2D eigenvalue weighted by Crippen LogP contribution is 2.24. The van der Waals surface area contributed by atoms with Gasteiger partial charge in [-0.2, -0.15) is 0 Å². The van der Waals surface area contributed by atoms with Crippen molar-refractivity contribution in [3.05, 3.63) is 35.2 Å². The molecule has 0 saturated carbocycles. The van der Waals surface area contributed by atoms with Gasteiger partial charge < -0.3 is 10.2 Å². The van der Waals surface area contributed by atoms with Gasteiger partial charge in [-0.3, -0.25) is 0 Å². The van der Waals surface area contributed by atoms with Crippen LogP contribution in [0.15, 0.2) is 28.7 Å². The number of hydrogen-bond acceptors (Lipinski definition) is 4. The minimum Gasteiger partial charge on any atom is -0.419 e. The summed E-state index contributed by atoms with van der Waals surface area (Å²) in [7, 11) is 0. The molecule has 2 rings (SSSR count). The SMILES string of the molecule is CC(C)CC(N)c1nnc(-c2cccc(Cl)c2)o1. The first-order chi connectivity index (χ1) is 8.56. The van der Waals surface area contributed by atoms with E-state index in [1.165, 1.54) is 0 Å². The molecule has 0 aliphatic carbocycles. The van der Waals surface area contributed by atoms with Crippen LogP contribution in [0.3, 0.4) is 0 Å². The van der Waals surface area contributed by atoms with Crippen molar-refractivity contribution < 1.29 is 4.42 Å². The van der Waals surface area contributed by atoms with E-state index < -0.39 is 0 Å². The van der Waals surface area contributed by atoms with Crippen LogP contribution in [0.1, 0.15) is 32.2 Å². The van der Waals surface area contributed by atoms with Crippen LogP contribution in [-0.2, 0) is 0 Å². The van der Waals surface area contributed by atoms with Crippen molar-refractivity contribution in [2.75, 3.05) is 0 Å². The zero-order chi connectivity index (χ0) is 13.1. The van der Waals surface area contributed by atoms with Crippen molar-refractivity contribution in [2.24, 2.45) is 11.7 Å².